The number of aliphatic hydroxyl groups is 1. The Balaban J connectivity index is 3.83. The second kappa shape index (κ2) is 8.08. The fourth-order valence-corrected chi connectivity index (χ4v) is 1.55. The lowest BCUT2D eigenvalue weighted by atomic mass is 10.2. The molecule has 0 spiro atoms. The molecule has 0 aromatic carbocycles. The Morgan fingerprint density at radius 1 is 1.20 bits per heavy atom. The van der Waals surface area contributed by atoms with Crippen molar-refractivity contribution in [3.8, 4) is 0 Å². The maximum atomic E-state index is 9.84. The zero-order chi connectivity index (χ0) is 11.8. The van der Waals surface area contributed by atoms with E-state index in [2.05, 4.69) is 44.8 Å². The van der Waals surface area contributed by atoms with E-state index < -0.39 is 0 Å². The van der Waals surface area contributed by atoms with Gasteiger partial charge in [-0.2, -0.15) is 0 Å². The molecule has 0 saturated heterocycles. The van der Waals surface area contributed by atoms with Gasteiger partial charge in [0.05, 0.1) is 6.10 Å². The third-order valence-electron chi connectivity index (χ3n) is 2.45. The Labute approximate surface area is 94.9 Å². The third kappa shape index (κ3) is 7.77. The average molecular weight is 216 g/mol. The average Bonchev–Trinajstić information content (AvgIpc) is 2.14. The largest absolute Gasteiger partial charge is 0.390 e. The first kappa shape index (κ1) is 14.9. The van der Waals surface area contributed by atoms with E-state index in [-0.39, 0.29) is 6.10 Å². The van der Waals surface area contributed by atoms with Gasteiger partial charge in [0.15, 0.2) is 0 Å². The van der Waals surface area contributed by atoms with Crippen molar-refractivity contribution in [2.24, 2.45) is 0 Å². The molecule has 0 aromatic heterocycles. The van der Waals surface area contributed by atoms with Crippen molar-refractivity contribution in [3.05, 3.63) is 0 Å². The monoisotopic (exact) mass is 216 g/mol. The number of nitrogens with zero attached hydrogens (tertiary/aromatic N) is 1. The SMILES string of the molecule is CCCN(CC(O)CNC(C)C)C(C)C. The first-order chi connectivity index (χ1) is 6.97. The Morgan fingerprint density at radius 2 is 1.80 bits per heavy atom. The second-order valence-electron chi connectivity index (χ2n) is 4.81. The normalized spacial score (nSPS) is 14.2. The van der Waals surface area contributed by atoms with E-state index in [9.17, 15) is 5.11 Å². The van der Waals surface area contributed by atoms with Crippen molar-refractivity contribution in [2.45, 2.75) is 59.2 Å². The minimum Gasteiger partial charge on any atom is -0.390 e. The number of hydrogen-bond acceptors (Lipinski definition) is 3. The lowest BCUT2D eigenvalue weighted by Gasteiger charge is -2.28. The number of aliphatic hydroxyl groups excluding tert-OH is 1. The van der Waals surface area contributed by atoms with Crippen LogP contribution >= 0.6 is 0 Å². The highest BCUT2D eigenvalue weighted by Gasteiger charge is 2.13. The third-order valence-corrected chi connectivity index (χ3v) is 2.45. The second-order valence-corrected chi connectivity index (χ2v) is 4.81. The molecule has 0 saturated carbocycles. The predicted octanol–water partition coefficient (Wildman–Crippen LogP) is 1.47. The van der Waals surface area contributed by atoms with Gasteiger partial charge in [0.25, 0.3) is 0 Å². The van der Waals surface area contributed by atoms with E-state index in [1.54, 1.807) is 0 Å². The Bertz CT molecular complexity index is 149. The molecule has 0 fully saturated rings. The van der Waals surface area contributed by atoms with Crippen molar-refractivity contribution < 1.29 is 5.11 Å². The molecule has 0 heterocycles. The van der Waals surface area contributed by atoms with Crippen LogP contribution in [0, 0.1) is 0 Å². The maximum Gasteiger partial charge on any atom is 0.0791 e. The smallest absolute Gasteiger partial charge is 0.0791 e. The van der Waals surface area contributed by atoms with Gasteiger partial charge in [-0.15, -0.1) is 0 Å². The van der Waals surface area contributed by atoms with Gasteiger partial charge in [-0.3, -0.25) is 4.90 Å². The molecule has 3 nitrogen and oxygen atoms in total. The molecule has 1 unspecified atom stereocenters. The summed E-state index contributed by atoms with van der Waals surface area (Å²) in [5.41, 5.74) is 0. The van der Waals surface area contributed by atoms with Gasteiger partial charge in [-0.05, 0) is 26.8 Å². The van der Waals surface area contributed by atoms with Gasteiger partial charge in [-0.1, -0.05) is 20.8 Å². The van der Waals surface area contributed by atoms with Gasteiger partial charge < -0.3 is 10.4 Å². The Morgan fingerprint density at radius 3 is 2.20 bits per heavy atom. The minimum absolute atomic E-state index is 0.263. The molecule has 0 aliphatic carbocycles. The van der Waals surface area contributed by atoms with E-state index in [0.717, 1.165) is 19.5 Å². The summed E-state index contributed by atoms with van der Waals surface area (Å²) in [4.78, 5) is 2.33. The van der Waals surface area contributed by atoms with Gasteiger partial charge in [0.1, 0.15) is 0 Å². The van der Waals surface area contributed by atoms with Crippen LogP contribution in [0.1, 0.15) is 41.0 Å². The van der Waals surface area contributed by atoms with Gasteiger partial charge in [0.2, 0.25) is 0 Å². The summed E-state index contributed by atoms with van der Waals surface area (Å²) < 4.78 is 0. The van der Waals surface area contributed by atoms with E-state index in [0.29, 0.717) is 18.6 Å². The zero-order valence-corrected chi connectivity index (χ0v) is 11.0. The van der Waals surface area contributed by atoms with Crippen LogP contribution in [0.5, 0.6) is 0 Å². The van der Waals surface area contributed by atoms with Crippen LogP contribution < -0.4 is 5.32 Å². The first-order valence-corrected chi connectivity index (χ1v) is 6.12. The van der Waals surface area contributed by atoms with Crippen molar-refractivity contribution >= 4 is 0 Å². The van der Waals surface area contributed by atoms with Crippen LogP contribution in [-0.2, 0) is 0 Å². The lowest BCUT2D eigenvalue weighted by Crippen LogP contribution is -2.43. The van der Waals surface area contributed by atoms with Crippen LogP contribution in [0.15, 0.2) is 0 Å². The molecule has 0 aliphatic rings. The van der Waals surface area contributed by atoms with Gasteiger partial charge in [0, 0.05) is 25.2 Å². The summed E-state index contributed by atoms with van der Waals surface area (Å²) in [5, 5.41) is 13.1. The maximum absolute atomic E-state index is 9.84. The van der Waals surface area contributed by atoms with Crippen molar-refractivity contribution in [1.29, 1.82) is 0 Å². The van der Waals surface area contributed by atoms with E-state index >= 15 is 0 Å². The molecule has 92 valence electrons. The van der Waals surface area contributed by atoms with Crippen LogP contribution in [0.2, 0.25) is 0 Å². The molecule has 0 bridgehead atoms. The molecular weight excluding hydrogens is 188 g/mol. The lowest BCUT2D eigenvalue weighted by molar-refractivity contribution is 0.0931. The highest BCUT2D eigenvalue weighted by atomic mass is 16.3. The summed E-state index contributed by atoms with van der Waals surface area (Å²) in [5.74, 6) is 0. The van der Waals surface area contributed by atoms with Crippen molar-refractivity contribution in [1.82, 2.24) is 10.2 Å². The molecular formula is C12H28N2O. The quantitative estimate of drug-likeness (QED) is 0.645. The van der Waals surface area contributed by atoms with Crippen molar-refractivity contribution in [2.75, 3.05) is 19.6 Å². The van der Waals surface area contributed by atoms with Gasteiger partial charge in [-0.25, -0.2) is 0 Å². The van der Waals surface area contributed by atoms with Crippen LogP contribution in [-0.4, -0.2) is 47.8 Å². The van der Waals surface area contributed by atoms with Crippen LogP contribution in [0.3, 0.4) is 0 Å². The highest BCUT2D eigenvalue weighted by molar-refractivity contribution is 4.70. The molecule has 1 atom stereocenters. The zero-order valence-electron chi connectivity index (χ0n) is 11.0. The van der Waals surface area contributed by atoms with Crippen LogP contribution in [0.25, 0.3) is 0 Å². The Kier molecular flexibility index (Phi) is 8.02. The number of hydrogen-bond donors (Lipinski definition) is 2. The molecule has 0 amide bonds. The summed E-state index contributed by atoms with van der Waals surface area (Å²) in [6.45, 7) is 13.2. The topological polar surface area (TPSA) is 35.5 Å². The van der Waals surface area contributed by atoms with Crippen LogP contribution in [0.4, 0.5) is 0 Å². The van der Waals surface area contributed by atoms with Crippen molar-refractivity contribution in [3.63, 3.8) is 0 Å². The number of rotatable bonds is 8. The Hall–Kier alpha value is -0.120. The molecule has 2 N–H and O–H groups in total. The highest BCUT2D eigenvalue weighted by Crippen LogP contribution is 2.01. The van der Waals surface area contributed by atoms with E-state index in [1.807, 2.05) is 0 Å². The summed E-state index contributed by atoms with van der Waals surface area (Å²) >= 11 is 0. The standard InChI is InChI=1S/C12H28N2O/c1-6-7-14(11(4)5)9-12(15)8-13-10(2)3/h10-13,15H,6-9H2,1-5H3. The van der Waals surface area contributed by atoms with Gasteiger partial charge >= 0.3 is 0 Å². The molecule has 0 aromatic rings. The summed E-state index contributed by atoms with van der Waals surface area (Å²) in [6.07, 6.45) is 0.879. The van der Waals surface area contributed by atoms with E-state index in [4.69, 9.17) is 0 Å². The summed E-state index contributed by atoms with van der Waals surface area (Å²) in [6, 6.07) is 0.956. The summed E-state index contributed by atoms with van der Waals surface area (Å²) in [7, 11) is 0. The fraction of sp³-hybridized carbons (Fsp3) is 1.00. The first-order valence-electron chi connectivity index (χ1n) is 6.12. The molecule has 0 aliphatic heterocycles. The molecule has 0 radical (unpaired) electrons. The molecule has 0 rings (SSSR count). The number of nitrogens with one attached hydrogen (secondary N) is 1. The van der Waals surface area contributed by atoms with E-state index in [1.165, 1.54) is 0 Å². The molecule has 3 heteroatoms. The predicted molar refractivity (Wildman–Crippen MR) is 66.1 cm³/mol. The fourth-order valence-electron chi connectivity index (χ4n) is 1.55. The molecule has 15 heavy (non-hydrogen) atoms. The minimum atomic E-state index is -0.263.